The van der Waals surface area contributed by atoms with Crippen LogP contribution in [0, 0.1) is 24.2 Å². The second-order valence-corrected chi connectivity index (χ2v) is 7.24. The highest BCUT2D eigenvalue weighted by atomic mass is 16.1. The summed E-state index contributed by atoms with van der Waals surface area (Å²) in [4.78, 5) is 36.1. The molecular formula is C23H30N6O3. The van der Waals surface area contributed by atoms with Crippen molar-refractivity contribution >= 4 is 30.1 Å². The SMILES string of the molecule is C=O.Cc1ccc(CNC(=O)c2cnc3[nH]ncc3c2)cc1.N#CC1CCN(C=O)CC1.[HH].[HH]. The zero-order valence-electron chi connectivity index (χ0n) is 18.0. The molecular weight excluding hydrogens is 408 g/mol. The third-order valence-corrected chi connectivity index (χ3v) is 4.99. The third-order valence-electron chi connectivity index (χ3n) is 4.99. The van der Waals surface area contributed by atoms with Crippen LogP contribution in [0.2, 0.25) is 0 Å². The van der Waals surface area contributed by atoms with E-state index in [9.17, 15) is 9.59 Å². The predicted octanol–water partition coefficient (Wildman–Crippen LogP) is 2.88. The normalized spacial score (nSPS) is 13.1. The Kier molecular flexibility index (Phi) is 9.53. The van der Waals surface area contributed by atoms with Crippen molar-refractivity contribution in [3.8, 4) is 6.07 Å². The summed E-state index contributed by atoms with van der Waals surface area (Å²) in [5, 5.41) is 18.8. The molecule has 1 saturated heterocycles. The maximum atomic E-state index is 12.1. The standard InChI is InChI=1S/C15H14N4O.C7H10N2O.CH2O.2H2/c1-10-2-4-11(5-3-10)7-17-15(20)13-6-12-9-18-19-14(12)16-8-13;8-5-7-1-3-9(6-10)4-2-7;1-2;;/h2-6,8-9H,7H2,1H3,(H,17,20)(H,16,18,19);6-7H,1-4H2;1H2;2*1H. The number of amides is 2. The number of hydrogen-bond acceptors (Lipinski definition) is 6. The van der Waals surface area contributed by atoms with Gasteiger partial charge < -0.3 is 15.0 Å². The summed E-state index contributed by atoms with van der Waals surface area (Å²) in [5.74, 6) is 0.0392. The zero-order valence-corrected chi connectivity index (χ0v) is 18.0. The molecule has 0 unspecified atom stereocenters. The molecule has 9 nitrogen and oxygen atoms in total. The van der Waals surface area contributed by atoms with Crippen LogP contribution < -0.4 is 5.32 Å². The number of nitriles is 1. The van der Waals surface area contributed by atoms with Crippen molar-refractivity contribution in [3.05, 3.63) is 59.4 Å². The fraction of sp³-hybridized carbons (Fsp3) is 0.304. The van der Waals surface area contributed by atoms with E-state index in [1.165, 1.54) is 5.56 Å². The van der Waals surface area contributed by atoms with Crippen molar-refractivity contribution in [3.63, 3.8) is 0 Å². The van der Waals surface area contributed by atoms with Gasteiger partial charge in [-0.25, -0.2) is 4.98 Å². The van der Waals surface area contributed by atoms with E-state index in [-0.39, 0.29) is 14.7 Å². The fourth-order valence-corrected chi connectivity index (χ4v) is 3.09. The fourth-order valence-electron chi connectivity index (χ4n) is 3.09. The molecule has 2 aromatic heterocycles. The molecule has 1 aliphatic rings. The molecule has 0 atom stereocenters. The van der Waals surface area contributed by atoms with Gasteiger partial charge in [0.15, 0.2) is 5.65 Å². The van der Waals surface area contributed by atoms with E-state index in [1.54, 1.807) is 23.4 Å². The number of pyridine rings is 1. The number of rotatable bonds is 4. The molecule has 32 heavy (non-hydrogen) atoms. The molecule has 1 fully saturated rings. The summed E-state index contributed by atoms with van der Waals surface area (Å²) >= 11 is 0. The Balaban J connectivity index is 0.000000666. The Morgan fingerprint density at radius 3 is 2.62 bits per heavy atom. The van der Waals surface area contributed by atoms with Crippen LogP contribution in [-0.4, -0.2) is 52.3 Å². The van der Waals surface area contributed by atoms with Crippen LogP contribution in [0.4, 0.5) is 0 Å². The van der Waals surface area contributed by atoms with Crippen LogP contribution in [0.1, 0.15) is 37.2 Å². The summed E-state index contributed by atoms with van der Waals surface area (Å²) < 4.78 is 0. The number of carbonyl (C=O) groups is 3. The average Bonchev–Trinajstić information content (AvgIpc) is 3.33. The van der Waals surface area contributed by atoms with Gasteiger partial charge >= 0.3 is 0 Å². The van der Waals surface area contributed by atoms with Gasteiger partial charge in [0.25, 0.3) is 5.91 Å². The van der Waals surface area contributed by atoms with Gasteiger partial charge in [0.2, 0.25) is 6.41 Å². The number of nitrogens with zero attached hydrogens (tertiary/aromatic N) is 4. The van der Waals surface area contributed by atoms with Crippen molar-refractivity contribution in [2.24, 2.45) is 5.92 Å². The van der Waals surface area contributed by atoms with E-state index in [4.69, 9.17) is 10.1 Å². The van der Waals surface area contributed by atoms with Gasteiger partial charge in [0.1, 0.15) is 6.79 Å². The highest BCUT2D eigenvalue weighted by Crippen LogP contribution is 2.14. The molecule has 0 spiro atoms. The lowest BCUT2D eigenvalue weighted by atomic mass is 9.99. The summed E-state index contributed by atoms with van der Waals surface area (Å²) in [5.41, 5.74) is 3.49. The Bertz CT molecular complexity index is 1060. The minimum atomic E-state index is -0.138. The minimum absolute atomic E-state index is 0. The molecule has 0 bridgehead atoms. The lowest BCUT2D eigenvalue weighted by Gasteiger charge is -2.24. The minimum Gasteiger partial charge on any atom is -0.348 e. The maximum absolute atomic E-state index is 12.1. The number of aromatic nitrogens is 3. The molecule has 3 aromatic rings. The van der Waals surface area contributed by atoms with Gasteiger partial charge in [-0.1, -0.05) is 29.8 Å². The molecule has 0 radical (unpaired) electrons. The van der Waals surface area contributed by atoms with Crippen LogP contribution >= 0.6 is 0 Å². The van der Waals surface area contributed by atoms with Gasteiger partial charge in [0.05, 0.1) is 17.8 Å². The molecule has 1 aliphatic heterocycles. The number of carbonyl (C=O) groups excluding carboxylic acids is 3. The smallest absolute Gasteiger partial charge is 0.253 e. The number of likely N-dealkylation sites (tertiary alicyclic amines) is 1. The van der Waals surface area contributed by atoms with Crippen molar-refractivity contribution in [2.45, 2.75) is 26.3 Å². The Labute approximate surface area is 189 Å². The third kappa shape index (κ3) is 7.02. The highest BCUT2D eigenvalue weighted by molar-refractivity contribution is 5.96. The molecule has 2 N–H and O–H groups in total. The molecule has 1 aromatic carbocycles. The van der Waals surface area contributed by atoms with Crippen LogP contribution in [0.15, 0.2) is 42.7 Å². The molecule has 170 valence electrons. The van der Waals surface area contributed by atoms with E-state index in [0.29, 0.717) is 17.8 Å². The quantitative estimate of drug-likeness (QED) is 0.602. The second kappa shape index (κ2) is 12.6. The summed E-state index contributed by atoms with van der Waals surface area (Å²) in [6, 6.07) is 12.1. The van der Waals surface area contributed by atoms with Gasteiger partial charge in [-0.3, -0.25) is 14.7 Å². The van der Waals surface area contributed by atoms with Crippen molar-refractivity contribution < 1.29 is 17.2 Å². The van der Waals surface area contributed by atoms with Gasteiger partial charge in [-0.15, -0.1) is 0 Å². The van der Waals surface area contributed by atoms with Crippen LogP contribution in [0.5, 0.6) is 0 Å². The second-order valence-electron chi connectivity index (χ2n) is 7.24. The number of fused-ring (bicyclic) bond motifs is 1. The van der Waals surface area contributed by atoms with Gasteiger partial charge in [0, 0.05) is 40.0 Å². The first kappa shape index (κ1) is 24.2. The Morgan fingerprint density at radius 1 is 1.31 bits per heavy atom. The number of H-pyrrole nitrogens is 1. The van der Waals surface area contributed by atoms with Crippen molar-refractivity contribution in [1.82, 2.24) is 25.4 Å². The van der Waals surface area contributed by atoms with Gasteiger partial charge in [-0.2, -0.15) is 10.4 Å². The molecule has 9 heteroatoms. The van der Waals surface area contributed by atoms with Crippen molar-refractivity contribution in [1.29, 1.82) is 5.26 Å². The largest absolute Gasteiger partial charge is 0.348 e. The van der Waals surface area contributed by atoms with E-state index in [2.05, 4.69) is 26.6 Å². The Morgan fingerprint density at radius 2 is 2.00 bits per heavy atom. The predicted molar refractivity (Wildman–Crippen MR) is 124 cm³/mol. The number of piperidine rings is 1. The van der Waals surface area contributed by atoms with E-state index >= 15 is 0 Å². The average molecular weight is 439 g/mol. The van der Waals surface area contributed by atoms with E-state index in [1.807, 2.05) is 38.0 Å². The number of nitrogens with one attached hydrogen (secondary N) is 2. The Hall–Kier alpha value is -4.06. The molecule has 2 amide bonds. The van der Waals surface area contributed by atoms with Gasteiger partial charge in [-0.05, 0) is 31.4 Å². The first-order valence-corrected chi connectivity index (χ1v) is 10.1. The summed E-state index contributed by atoms with van der Waals surface area (Å²) in [7, 11) is 0. The maximum Gasteiger partial charge on any atom is 0.253 e. The summed E-state index contributed by atoms with van der Waals surface area (Å²) in [6.07, 6.45) is 5.74. The molecule has 0 saturated carbocycles. The molecule has 4 rings (SSSR count). The monoisotopic (exact) mass is 438 g/mol. The topological polar surface area (TPSA) is 132 Å². The molecule has 0 aliphatic carbocycles. The zero-order chi connectivity index (χ0) is 23.3. The lowest BCUT2D eigenvalue weighted by Crippen LogP contribution is -2.31. The first-order chi connectivity index (χ1) is 15.6. The molecule has 3 heterocycles. The van der Waals surface area contributed by atoms with E-state index < -0.39 is 0 Å². The number of aromatic amines is 1. The number of benzene rings is 1. The number of aryl methyl sites for hydroxylation is 1. The van der Waals surface area contributed by atoms with Crippen LogP contribution in [0.3, 0.4) is 0 Å². The van der Waals surface area contributed by atoms with E-state index in [0.717, 1.165) is 43.3 Å². The van der Waals surface area contributed by atoms with Crippen molar-refractivity contribution in [2.75, 3.05) is 13.1 Å². The highest BCUT2D eigenvalue weighted by Gasteiger charge is 2.16. The number of hydrogen-bond donors (Lipinski definition) is 2. The first-order valence-electron chi connectivity index (χ1n) is 10.1. The van der Waals surface area contributed by atoms with Crippen LogP contribution in [0.25, 0.3) is 11.0 Å². The summed E-state index contributed by atoms with van der Waals surface area (Å²) in [6.45, 7) is 6.04. The lowest BCUT2D eigenvalue weighted by molar-refractivity contribution is -0.119. The van der Waals surface area contributed by atoms with Crippen LogP contribution in [-0.2, 0) is 16.1 Å².